The fourth-order valence-electron chi connectivity index (χ4n) is 1.50. The van der Waals surface area contributed by atoms with Gasteiger partial charge in [0.25, 0.3) is 0 Å². The second kappa shape index (κ2) is 6.49. The van der Waals surface area contributed by atoms with Crippen LogP contribution in [0.25, 0.3) is 0 Å². The Labute approximate surface area is 117 Å². The molecular formula is C12H16N2O5S. The lowest BCUT2D eigenvalue weighted by Crippen LogP contribution is -2.36. The van der Waals surface area contributed by atoms with E-state index in [9.17, 15) is 18.0 Å². The number of carbonyl (C=O) groups excluding carboxylic acids is 1. The molecule has 0 saturated heterocycles. The zero-order chi connectivity index (χ0) is 15.3. The molecule has 0 aromatic heterocycles. The highest BCUT2D eigenvalue weighted by atomic mass is 32.2. The highest BCUT2D eigenvalue weighted by Crippen LogP contribution is 2.15. The van der Waals surface area contributed by atoms with Crippen LogP contribution in [0.5, 0.6) is 0 Å². The Kier molecular flexibility index (Phi) is 5.23. The van der Waals surface area contributed by atoms with Crippen LogP contribution < -0.4 is 5.32 Å². The fourth-order valence-corrected chi connectivity index (χ4v) is 2.63. The molecule has 0 bridgehead atoms. The second-order valence-electron chi connectivity index (χ2n) is 4.15. The van der Waals surface area contributed by atoms with Gasteiger partial charge in [0.15, 0.2) is 0 Å². The van der Waals surface area contributed by atoms with Crippen molar-refractivity contribution < 1.29 is 23.1 Å². The quantitative estimate of drug-likeness (QED) is 0.749. The van der Waals surface area contributed by atoms with Crippen molar-refractivity contribution in [2.45, 2.75) is 11.3 Å². The molecule has 0 unspecified atom stereocenters. The monoisotopic (exact) mass is 300 g/mol. The molecule has 0 atom stereocenters. The Morgan fingerprint density at radius 2 is 1.80 bits per heavy atom. The van der Waals surface area contributed by atoms with E-state index in [-0.39, 0.29) is 17.9 Å². The molecule has 20 heavy (non-hydrogen) atoms. The van der Waals surface area contributed by atoms with E-state index >= 15 is 0 Å². The first-order chi connectivity index (χ1) is 9.27. The van der Waals surface area contributed by atoms with Gasteiger partial charge in [-0.25, -0.2) is 8.42 Å². The van der Waals surface area contributed by atoms with E-state index in [1.807, 2.05) is 0 Å². The van der Waals surface area contributed by atoms with Gasteiger partial charge in [0, 0.05) is 14.1 Å². The molecule has 0 heterocycles. The van der Waals surface area contributed by atoms with E-state index in [1.54, 1.807) is 0 Å². The molecule has 2 N–H and O–H groups in total. The summed E-state index contributed by atoms with van der Waals surface area (Å²) in [6, 6.07) is 5.53. The van der Waals surface area contributed by atoms with Crippen LogP contribution in [0.1, 0.15) is 5.56 Å². The Bertz CT molecular complexity index is 595. The van der Waals surface area contributed by atoms with Crippen LogP contribution in [-0.2, 0) is 26.0 Å². The summed E-state index contributed by atoms with van der Waals surface area (Å²) in [5.41, 5.74) is 0.505. The van der Waals surface area contributed by atoms with Crippen molar-refractivity contribution in [3.8, 4) is 0 Å². The summed E-state index contributed by atoms with van der Waals surface area (Å²) in [5, 5.41) is 11.0. The van der Waals surface area contributed by atoms with E-state index in [0.29, 0.717) is 5.56 Å². The number of carboxylic acid groups (broad SMARTS) is 1. The maximum Gasteiger partial charge on any atom is 0.307 e. The molecule has 0 aliphatic carbocycles. The predicted molar refractivity (Wildman–Crippen MR) is 71.7 cm³/mol. The zero-order valence-electron chi connectivity index (χ0n) is 11.2. The fraction of sp³-hybridized carbons (Fsp3) is 0.333. The molecular weight excluding hydrogens is 284 g/mol. The van der Waals surface area contributed by atoms with E-state index in [2.05, 4.69) is 5.32 Å². The average molecular weight is 300 g/mol. The van der Waals surface area contributed by atoms with Gasteiger partial charge < -0.3 is 10.4 Å². The number of amides is 1. The average Bonchev–Trinajstić information content (AvgIpc) is 2.38. The number of benzene rings is 1. The summed E-state index contributed by atoms with van der Waals surface area (Å²) in [7, 11) is -1.04. The minimum absolute atomic E-state index is 0.0121. The number of carboxylic acids is 1. The van der Waals surface area contributed by atoms with Gasteiger partial charge in [-0.3, -0.25) is 9.59 Å². The highest BCUT2D eigenvalue weighted by molar-refractivity contribution is 7.89. The lowest BCUT2D eigenvalue weighted by Gasteiger charge is -2.16. The van der Waals surface area contributed by atoms with Crippen LogP contribution in [0, 0.1) is 0 Å². The molecule has 0 aliphatic rings. The molecule has 0 saturated carbocycles. The van der Waals surface area contributed by atoms with Crippen molar-refractivity contribution in [3.05, 3.63) is 29.8 Å². The van der Waals surface area contributed by atoms with Gasteiger partial charge in [0.2, 0.25) is 15.9 Å². The Balaban J connectivity index is 2.92. The lowest BCUT2D eigenvalue weighted by atomic mass is 10.2. The number of likely N-dealkylation sites (N-methyl/N-ethyl adjacent to an activating group) is 2. The number of sulfonamides is 1. The summed E-state index contributed by atoms with van der Waals surface area (Å²) in [6.07, 6.45) is -0.172. The van der Waals surface area contributed by atoms with Gasteiger partial charge >= 0.3 is 5.97 Å². The third-order valence-corrected chi connectivity index (χ3v) is 4.45. The van der Waals surface area contributed by atoms with Gasteiger partial charge in [0.05, 0.1) is 17.9 Å². The molecule has 0 spiro atoms. The largest absolute Gasteiger partial charge is 0.481 e. The van der Waals surface area contributed by atoms with Crippen molar-refractivity contribution in [2.24, 2.45) is 0 Å². The topological polar surface area (TPSA) is 104 Å². The van der Waals surface area contributed by atoms with E-state index in [4.69, 9.17) is 5.11 Å². The number of hydrogen-bond acceptors (Lipinski definition) is 4. The first-order valence-electron chi connectivity index (χ1n) is 5.75. The van der Waals surface area contributed by atoms with Gasteiger partial charge in [-0.05, 0) is 17.7 Å². The van der Waals surface area contributed by atoms with Crippen LogP contribution in [0.2, 0.25) is 0 Å². The first kappa shape index (κ1) is 16.1. The standard InChI is InChI=1S/C12H16N2O5S/c1-13-11(15)8-14(2)20(18,19)10-5-3-9(4-6-10)7-12(16)17/h3-6H,7-8H2,1-2H3,(H,13,15)(H,16,17). The molecule has 1 aromatic rings. The Morgan fingerprint density at radius 1 is 1.25 bits per heavy atom. The third kappa shape index (κ3) is 4.04. The zero-order valence-corrected chi connectivity index (χ0v) is 12.0. The van der Waals surface area contributed by atoms with Gasteiger partial charge in [-0.1, -0.05) is 12.1 Å². The van der Waals surface area contributed by atoms with Crippen LogP contribution in [0.4, 0.5) is 0 Å². The van der Waals surface area contributed by atoms with E-state index < -0.39 is 21.9 Å². The van der Waals surface area contributed by atoms with Crippen molar-refractivity contribution in [1.29, 1.82) is 0 Å². The van der Waals surface area contributed by atoms with E-state index in [0.717, 1.165) is 4.31 Å². The molecule has 1 amide bonds. The smallest absolute Gasteiger partial charge is 0.307 e. The predicted octanol–water partition coefficient (Wildman–Crippen LogP) is -0.320. The normalized spacial score (nSPS) is 11.3. The summed E-state index contributed by atoms with van der Waals surface area (Å²) >= 11 is 0. The SMILES string of the molecule is CNC(=O)CN(C)S(=O)(=O)c1ccc(CC(=O)O)cc1. The van der Waals surface area contributed by atoms with Gasteiger partial charge in [-0.15, -0.1) is 0 Å². The molecule has 7 nitrogen and oxygen atoms in total. The summed E-state index contributed by atoms with van der Waals surface area (Å²) in [4.78, 5) is 21.7. The molecule has 0 radical (unpaired) electrons. The molecule has 110 valence electrons. The molecule has 0 fully saturated rings. The lowest BCUT2D eigenvalue weighted by molar-refractivity contribution is -0.136. The Hall–Kier alpha value is -1.93. The Morgan fingerprint density at radius 3 is 2.25 bits per heavy atom. The van der Waals surface area contributed by atoms with Gasteiger partial charge in [0.1, 0.15) is 0 Å². The number of nitrogens with one attached hydrogen (secondary N) is 1. The maximum absolute atomic E-state index is 12.1. The first-order valence-corrected chi connectivity index (χ1v) is 7.19. The van der Waals surface area contributed by atoms with Crippen LogP contribution in [0.3, 0.4) is 0 Å². The van der Waals surface area contributed by atoms with E-state index in [1.165, 1.54) is 38.4 Å². The molecule has 1 rings (SSSR count). The molecule has 8 heteroatoms. The number of hydrogen-bond donors (Lipinski definition) is 2. The number of aliphatic carboxylic acids is 1. The van der Waals surface area contributed by atoms with Gasteiger partial charge in [-0.2, -0.15) is 4.31 Å². The van der Waals surface area contributed by atoms with Crippen LogP contribution in [0.15, 0.2) is 29.2 Å². The summed E-state index contributed by atoms with van der Waals surface area (Å²) < 4.78 is 25.2. The molecule has 1 aromatic carbocycles. The third-order valence-electron chi connectivity index (χ3n) is 2.63. The van der Waals surface area contributed by atoms with Crippen molar-refractivity contribution in [2.75, 3.05) is 20.6 Å². The van der Waals surface area contributed by atoms with Crippen LogP contribution in [-0.4, -0.2) is 50.3 Å². The van der Waals surface area contributed by atoms with Crippen molar-refractivity contribution >= 4 is 21.9 Å². The summed E-state index contributed by atoms with van der Waals surface area (Å²) in [6.45, 7) is -0.282. The van der Waals surface area contributed by atoms with Crippen molar-refractivity contribution in [1.82, 2.24) is 9.62 Å². The van der Waals surface area contributed by atoms with Crippen LogP contribution >= 0.6 is 0 Å². The molecule has 0 aliphatic heterocycles. The minimum atomic E-state index is -3.76. The minimum Gasteiger partial charge on any atom is -0.481 e. The highest BCUT2D eigenvalue weighted by Gasteiger charge is 2.22. The number of carbonyl (C=O) groups is 2. The maximum atomic E-state index is 12.1. The number of rotatable bonds is 6. The number of nitrogens with zero attached hydrogens (tertiary/aromatic N) is 1. The van der Waals surface area contributed by atoms with Crippen molar-refractivity contribution in [3.63, 3.8) is 0 Å². The second-order valence-corrected chi connectivity index (χ2v) is 6.19. The summed E-state index contributed by atoms with van der Waals surface area (Å²) in [5.74, 6) is -1.41.